The number of aromatic nitrogens is 1. The van der Waals surface area contributed by atoms with E-state index in [2.05, 4.69) is 4.90 Å². The van der Waals surface area contributed by atoms with Gasteiger partial charge in [-0.05, 0) is 38.4 Å². The first-order valence-corrected chi connectivity index (χ1v) is 11.0. The van der Waals surface area contributed by atoms with Crippen molar-refractivity contribution in [1.82, 2.24) is 19.3 Å². The van der Waals surface area contributed by atoms with Crippen LogP contribution in [0.25, 0.3) is 0 Å². The van der Waals surface area contributed by atoms with E-state index >= 15 is 0 Å². The van der Waals surface area contributed by atoms with E-state index in [1.165, 1.54) is 19.3 Å². The van der Waals surface area contributed by atoms with Crippen LogP contribution < -0.4 is 5.56 Å². The van der Waals surface area contributed by atoms with Crippen molar-refractivity contribution in [1.29, 1.82) is 0 Å². The van der Waals surface area contributed by atoms with Gasteiger partial charge in [-0.15, -0.1) is 0 Å². The Morgan fingerprint density at radius 1 is 0.966 bits per heavy atom. The minimum atomic E-state index is -0.487. The molecule has 0 N–H and O–H groups in total. The van der Waals surface area contributed by atoms with Crippen molar-refractivity contribution in [2.45, 2.75) is 50.6 Å². The highest BCUT2D eigenvalue weighted by molar-refractivity contribution is 5.82. The molecule has 0 saturated carbocycles. The largest absolute Gasteiger partial charge is 0.342 e. The molecule has 0 spiro atoms. The topological polar surface area (TPSA) is 65.9 Å². The van der Waals surface area contributed by atoms with E-state index in [1.807, 2.05) is 15.9 Å². The molecule has 0 aliphatic carbocycles. The summed E-state index contributed by atoms with van der Waals surface area (Å²) in [5.41, 5.74) is 0.811. The molecule has 5 rings (SSSR count). The van der Waals surface area contributed by atoms with Gasteiger partial charge in [-0.2, -0.15) is 0 Å². The lowest BCUT2D eigenvalue weighted by atomic mass is 9.77. The van der Waals surface area contributed by atoms with Crippen molar-refractivity contribution in [3.63, 3.8) is 0 Å². The van der Waals surface area contributed by atoms with Gasteiger partial charge in [-0.3, -0.25) is 23.9 Å². The van der Waals surface area contributed by atoms with Crippen LogP contribution in [0, 0.1) is 5.92 Å². The van der Waals surface area contributed by atoms with E-state index in [-0.39, 0.29) is 29.2 Å². The van der Waals surface area contributed by atoms with Gasteiger partial charge in [0, 0.05) is 62.7 Å². The summed E-state index contributed by atoms with van der Waals surface area (Å²) in [5.74, 6) is 0.244. The number of carbonyl (C=O) groups excluding carboxylic acids is 2. The third kappa shape index (κ3) is 3.19. The van der Waals surface area contributed by atoms with Gasteiger partial charge in [0.05, 0.1) is 0 Å². The van der Waals surface area contributed by atoms with Crippen molar-refractivity contribution >= 4 is 11.8 Å². The van der Waals surface area contributed by atoms with E-state index in [0.29, 0.717) is 19.1 Å². The van der Waals surface area contributed by atoms with Gasteiger partial charge >= 0.3 is 0 Å². The molecule has 7 heteroatoms. The molecule has 29 heavy (non-hydrogen) atoms. The highest BCUT2D eigenvalue weighted by Gasteiger charge is 2.47. The molecule has 5 heterocycles. The zero-order valence-electron chi connectivity index (χ0n) is 17.1. The van der Waals surface area contributed by atoms with E-state index in [4.69, 9.17) is 0 Å². The Balaban J connectivity index is 1.40. The number of piperidine rings is 2. The first-order chi connectivity index (χ1) is 14.0. The molecule has 3 fully saturated rings. The summed E-state index contributed by atoms with van der Waals surface area (Å²) in [6, 6.07) is 5.26. The standard InChI is InChI=1S/C22H30N4O3/c1-15(27)24-11-16-10-17(12-24)21(26-19(16)6-5-7-20(26)28)22(29)25-13-18(14-25)23-8-3-2-4-9-23/h5-7,16-18,21H,2-4,8-14H2,1H3/t16-,17+,21-/m1/s1. The molecule has 156 valence electrons. The Morgan fingerprint density at radius 2 is 1.72 bits per heavy atom. The maximum atomic E-state index is 13.5. The van der Waals surface area contributed by atoms with Crippen molar-refractivity contribution in [3.05, 3.63) is 34.2 Å². The SMILES string of the molecule is CC(=O)N1C[C@H]2C[C@@H](C1)[C@H](C(=O)N1CC(N3CCCCC3)C1)n1c2cccc1=O. The van der Waals surface area contributed by atoms with E-state index in [9.17, 15) is 14.4 Å². The first-order valence-electron chi connectivity index (χ1n) is 11.0. The molecular weight excluding hydrogens is 368 g/mol. The summed E-state index contributed by atoms with van der Waals surface area (Å²) in [5, 5.41) is 0. The predicted molar refractivity (Wildman–Crippen MR) is 109 cm³/mol. The molecular formula is C22H30N4O3. The van der Waals surface area contributed by atoms with Gasteiger partial charge in [0.2, 0.25) is 11.8 Å². The van der Waals surface area contributed by atoms with Crippen LogP contribution in [0.3, 0.4) is 0 Å². The van der Waals surface area contributed by atoms with E-state index in [0.717, 1.165) is 38.3 Å². The number of hydrogen-bond acceptors (Lipinski definition) is 4. The molecule has 3 atom stereocenters. The molecule has 1 aromatic heterocycles. The van der Waals surface area contributed by atoms with Crippen molar-refractivity contribution < 1.29 is 9.59 Å². The van der Waals surface area contributed by atoms with Crippen LogP contribution in [0.5, 0.6) is 0 Å². The fourth-order valence-electron chi connectivity index (χ4n) is 5.85. The zero-order chi connectivity index (χ0) is 20.1. The smallest absolute Gasteiger partial charge is 0.251 e. The second kappa shape index (κ2) is 7.27. The van der Waals surface area contributed by atoms with Gasteiger partial charge in [0.15, 0.2) is 0 Å². The number of hydrogen-bond donors (Lipinski definition) is 0. The van der Waals surface area contributed by atoms with E-state index < -0.39 is 6.04 Å². The third-order valence-corrected chi connectivity index (χ3v) is 7.43. The Morgan fingerprint density at radius 3 is 2.45 bits per heavy atom. The molecule has 1 aromatic rings. The van der Waals surface area contributed by atoms with Crippen molar-refractivity contribution in [2.75, 3.05) is 39.3 Å². The summed E-state index contributed by atoms with van der Waals surface area (Å²) in [6.45, 7) is 6.59. The fourth-order valence-corrected chi connectivity index (χ4v) is 5.85. The molecule has 2 amide bonds. The highest BCUT2D eigenvalue weighted by Crippen LogP contribution is 2.42. The Labute approximate surface area is 171 Å². The van der Waals surface area contributed by atoms with Gasteiger partial charge in [-0.25, -0.2) is 0 Å². The maximum absolute atomic E-state index is 13.5. The quantitative estimate of drug-likeness (QED) is 0.747. The normalized spacial score (nSPS) is 29.9. The molecule has 4 aliphatic rings. The van der Waals surface area contributed by atoms with Crippen LogP contribution in [0.15, 0.2) is 23.0 Å². The number of amides is 2. The number of fused-ring (bicyclic) bond motifs is 4. The summed E-state index contributed by atoms with van der Waals surface area (Å²) >= 11 is 0. The van der Waals surface area contributed by atoms with Crippen LogP contribution in [-0.2, 0) is 9.59 Å². The number of likely N-dealkylation sites (tertiary alicyclic amines) is 3. The average Bonchev–Trinajstić information content (AvgIpc) is 2.68. The number of carbonyl (C=O) groups is 2. The lowest BCUT2D eigenvalue weighted by Crippen LogP contribution is -2.64. The molecule has 2 bridgehead atoms. The van der Waals surface area contributed by atoms with Crippen LogP contribution in [0.4, 0.5) is 0 Å². The van der Waals surface area contributed by atoms with Gasteiger partial charge in [-0.1, -0.05) is 12.5 Å². The van der Waals surface area contributed by atoms with Crippen molar-refractivity contribution in [2.24, 2.45) is 5.92 Å². The minimum Gasteiger partial charge on any atom is -0.342 e. The molecule has 3 saturated heterocycles. The summed E-state index contributed by atoms with van der Waals surface area (Å²) in [6.07, 6.45) is 4.68. The summed E-state index contributed by atoms with van der Waals surface area (Å²) in [4.78, 5) is 44.7. The summed E-state index contributed by atoms with van der Waals surface area (Å²) in [7, 11) is 0. The second-order valence-electron chi connectivity index (χ2n) is 9.21. The molecule has 0 aromatic carbocycles. The summed E-state index contributed by atoms with van der Waals surface area (Å²) < 4.78 is 1.74. The fraction of sp³-hybridized carbons (Fsp3) is 0.682. The Hall–Kier alpha value is -2.15. The number of nitrogens with zero attached hydrogens (tertiary/aromatic N) is 4. The van der Waals surface area contributed by atoms with Crippen LogP contribution in [-0.4, -0.2) is 76.4 Å². The molecule has 0 radical (unpaired) electrons. The van der Waals surface area contributed by atoms with Crippen molar-refractivity contribution in [3.8, 4) is 0 Å². The Bertz CT molecular complexity index is 869. The third-order valence-electron chi connectivity index (χ3n) is 7.43. The van der Waals surface area contributed by atoms with Gasteiger partial charge < -0.3 is 9.80 Å². The van der Waals surface area contributed by atoms with E-state index in [1.54, 1.807) is 23.6 Å². The minimum absolute atomic E-state index is 0.00628. The highest BCUT2D eigenvalue weighted by atomic mass is 16.2. The number of rotatable bonds is 2. The molecule has 7 nitrogen and oxygen atoms in total. The average molecular weight is 399 g/mol. The monoisotopic (exact) mass is 398 g/mol. The zero-order valence-corrected chi connectivity index (χ0v) is 17.1. The Kier molecular flexibility index (Phi) is 4.73. The van der Waals surface area contributed by atoms with Gasteiger partial charge in [0.25, 0.3) is 5.56 Å². The number of pyridine rings is 1. The predicted octanol–water partition coefficient (Wildman–Crippen LogP) is 1.05. The second-order valence-corrected chi connectivity index (χ2v) is 9.21. The van der Waals surface area contributed by atoms with Gasteiger partial charge in [0.1, 0.15) is 6.04 Å². The molecule has 0 unspecified atom stereocenters. The maximum Gasteiger partial charge on any atom is 0.251 e. The first kappa shape index (κ1) is 18.9. The lowest BCUT2D eigenvalue weighted by Gasteiger charge is -2.51. The van der Waals surface area contributed by atoms with Crippen LogP contribution >= 0.6 is 0 Å². The molecule has 4 aliphatic heterocycles. The lowest BCUT2D eigenvalue weighted by molar-refractivity contribution is -0.148. The van der Waals surface area contributed by atoms with Crippen LogP contribution in [0.2, 0.25) is 0 Å². The van der Waals surface area contributed by atoms with Crippen LogP contribution in [0.1, 0.15) is 50.3 Å².